The maximum atomic E-state index is 9.87. The van der Waals surface area contributed by atoms with Gasteiger partial charge in [-0.05, 0) is 0 Å². The van der Waals surface area contributed by atoms with Gasteiger partial charge in [0.05, 0.1) is 6.07 Å². The van der Waals surface area contributed by atoms with Gasteiger partial charge >= 0.3 is 84.1 Å². The Morgan fingerprint density at radius 2 is 0.677 bits per heavy atom. The molecule has 0 aromatic carbocycles. The summed E-state index contributed by atoms with van der Waals surface area (Å²) in [6.45, 7) is 14.9. The summed E-state index contributed by atoms with van der Waals surface area (Å²) in [6, 6.07) is 1.75. The number of nitriles is 1. The molecule has 0 aromatic rings. The van der Waals surface area contributed by atoms with Crippen LogP contribution in [0.25, 0.3) is 0 Å². The maximum Gasteiger partial charge on any atom is 0 e. The van der Waals surface area contributed by atoms with Gasteiger partial charge in [-0.25, -0.2) is 0 Å². The summed E-state index contributed by atoms with van der Waals surface area (Å²) in [7, 11) is -3.52. The molecule has 0 spiro atoms. The third-order valence-corrected chi connectivity index (χ3v) is 2.68. The standard InChI is InChI=1S/2C3H9O3P.C2H3N.3CO.F6P.Mn/c2*1-4-7(5-2)6-3;1-2-3;3*1-2;1-7(2,3,4,5)6;/h2*1-3H3;1H3;;;;;/q;;;;;;-1;. The number of nitrogens with zero attached hydrogens (tertiary/aromatic N) is 1. The molecule has 0 atom stereocenters. The van der Waals surface area contributed by atoms with E-state index in [1.165, 1.54) is 6.92 Å². The molecule has 0 aliphatic rings. The normalized spacial score (nSPS) is 10.3. The van der Waals surface area contributed by atoms with Crippen molar-refractivity contribution >= 4 is 25.0 Å². The molecular formula is C11H21F6MnNO9P3-. The van der Waals surface area contributed by atoms with E-state index in [1.807, 2.05) is 0 Å². The molecule has 31 heavy (non-hydrogen) atoms. The fourth-order valence-corrected chi connectivity index (χ4v) is 1.34. The molecule has 189 valence electrons. The molecule has 0 amide bonds. The van der Waals surface area contributed by atoms with Gasteiger partial charge in [0, 0.05) is 66.7 Å². The minimum Gasteiger partial charge on any atom is 0 e. The summed E-state index contributed by atoms with van der Waals surface area (Å²) in [6.07, 6.45) is 0. The molecule has 20 heteroatoms. The Morgan fingerprint density at radius 3 is 0.677 bits per heavy atom. The summed E-state index contributed by atoms with van der Waals surface area (Å²) >= 11 is 0. The van der Waals surface area contributed by atoms with Crippen molar-refractivity contribution in [1.82, 2.24) is 0 Å². The summed E-state index contributed by atoms with van der Waals surface area (Å²) < 4.78 is 110. The van der Waals surface area contributed by atoms with Crippen LogP contribution >= 0.6 is 25.0 Å². The molecule has 0 saturated heterocycles. The zero-order valence-corrected chi connectivity index (χ0v) is 21.0. The monoisotopic (exact) mass is 573 g/mol. The van der Waals surface area contributed by atoms with Gasteiger partial charge in [-0.15, -0.1) is 0 Å². The molecule has 0 N–H and O–H groups in total. The van der Waals surface area contributed by atoms with Gasteiger partial charge in [-0.1, -0.05) is 0 Å². The van der Waals surface area contributed by atoms with Crippen molar-refractivity contribution in [2.45, 2.75) is 6.92 Å². The maximum absolute atomic E-state index is 10.7. The van der Waals surface area contributed by atoms with Crippen LogP contribution in [0.5, 0.6) is 0 Å². The van der Waals surface area contributed by atoms with Crippen LogP contribution in [0.3, 0.4) is 0 Å². The molecule has 0 saturated carbocycles. The first-order valence-corrected chi connectivity index (χ1v) is 10.1. The average molecular weight is 573 g/mol. The van der Waals surface area contributed by atoms with Gasteiger partial charge in [0.2, 0.25) is 0 Å². The molecule has 10 nitrogen and oxygen atoms in total. The summed E-state index contributed by atoms with van der Waals surface area (Å²) in [5, 5.41) is 7.32. The minimum absolute atomic E-state index is 0. The number of hydrogen-bond acceptors (Lipinski definition) is 7. The number of hydrogen-bond donors (Lipinski definition) is 0. The Balaban J connectivity index is -0.0000000355. The molecular weight excluding hydrogens is 552 g/mol. The first-order chi connectivity index (χ1) is 13.6. The van der Waals surface area contributed by atoms with Gasteiger partial charge in [0.25, 0.3) is 0 Å². The van der Waals surface area contributed by atoms with E-state index in [-0.39, 0.29) is 17.1 Å². The minimum atomic E-state index is -10.7. The second-order valence-electron chi connectivity index (χ2n) is 2.72. The van der Waals surface area contributed by atoms with Gasteiger partial charge < -0.3 is 27.1 Å². The Hall–Kier alpha value is -0.141. The van der Waals surface area contributed by atoms with Crippen molar-refractivity contribution in [3.8, 4) is 6.07 Å². The van der Waals surface area contributed by atoms with E-state index in [2.05, 4.69) is 47.1 Å². The van der Waals surface area contributed by atoms with Crippen LogP contribution in [-0.2, 0) is 58.2 Å². The van der Waals surface area contributed by atoms with Crippen molar-refractivity contribution in [3.63, 3.8) is 0 Å². The molecule has 0 aromatic heterocycles. The molecule has 0 fully saturated rings. The third-order valence-electron chi connectivity index (χ3n) is 0.894. The van der Waals surface area contributed by atoms with Gasteiger partial charge in [0.15, 0.2) is 0 Å². The van der Waals surface area contributed by atoms with E-state index in [4.69, 9.17) is 19.2 Å². The van der Waals surface area contributed by atoms with E-state index in [0.29, 0.717) is 0 Å². The van der Waals surface area contributed by atoms with E-state index in [9.17, 15) is 25.2 Å². The molecule has 0 aliphatic heterocycles. The first kappa shape index (κ1) is 52.7. The van der Waals surface area contributed by atoms with Crippen LogP contribution in [0.2, 0.25) is 0 Å². The van der Waals surface area contributed by atoms with Crippen molar-refractivity contribution in [2.75, 3.05) is 42.7 Å². The van der Waals surface area contributed by atoms with Crippen LogP contribution in [0.4, 0.5) is 25.2 Å². The van der Waals surface area contributed by atoms with Crippen molar-refractivity contribution in [2.24, 2.45) is 0 Å². The average Bonchev–Trinajstić information content (AvgIpc) is 2.68. The van der Waals surface area contributed by atoms with E-state index >= 15 is 0 Å². The Bertz CT molecular complexity index is 392. The molecule has 0 heterocycles. The number of rotatable bonds is 6. The largest absolute Gasteiger partial charge is 0 e. The molecule has 0 bridgehead atoms. The van der Waals surface area contributed by atoms with Crippen molar-refractivity contribution < 1.29 is 83.3 Å². The smallest absolute Gasteiger partial charge is 0 e. The molecule has 0 rings (SSSR count). The Kier molecular flexibility index (Phi) is 54.4. The fraction of sp³-hybridized carbons (Fsp3) is 0.636. The quantitative estimate of drug-likeness (QED) is 0.123. The van der Waals surface area contributed by atoms with Crippen LogP contribution in [0.1, 0.15) is 6.92 Å². The topological polar surface area (TPSA) is 139 Å². The fourth-order valence-electron chi connectivity index (χ4n) is 0.447. The zero-order chi connectivity index (χ0) is 26.5. The first-order valence-electron chi connectivity index (χ1n) is 5.90. The zero-order valence-electron chi connectivity index (χ0n) is 17.1. The van der Waals surface area contributed by atoms with E-state index in [1.54, 1.807) is 48.7 Å². The summed E-state index contributed by atoms with van der Waals surface area (Å²) in [4.78, 5) is 0. The van der Waals surface area contributed by atoms with E-state index in [0.717, 1.165) is 0 Å². The van der Waals surface area contributed by atoms with Crippen LogP contribution in [-0.4, -0.2) is 42.7 Å². The predicted octanol–water partition coefficient (Wildman–Crippen LogP) is 6.10. The van der Waals surface area contributed by atoms with Gasteiger partial charge in [-0.2, -0.15) is 5.26 Å². The number of halogens is 6. The van der Waals surface area contributed by atoms with Crippen LogP contribution in [0.15, 0.2) is 0 Å². The van der Waals surface area contributed by atoms with Crippen LogP contribution < -0.4 is 0 Å². The predicted molar refractivity (Wildman–Crippen MR) is 92.5 cm³/mol. The third kappa shape index (κ3) is 165. The molecule has 0 unspecified atom stereocenters. The second kappa shape index (κ2) is 32.0. The Morgan fingerprint density at radius 1 is 0.613 bits per heavy atom. The van der Waals surface area contributed by atoms with Crippen LogP contribution in [0, 0.1) is 31.3 Å². The van der Waals surface area contributed by atoms with E-state index < -0.39 is 25.0 Å². The summed E-state index contributed by atoms with van der Waals surface area (Å²) in [5.74, 6) is 0. The van der Waals surface area contributed by atoms with Gasteiger partial charge in [0.1, 0.15) is 0 Å². The molecule has 1 radical (unpaired) electrons. The SMILES string of the molecule is CC#N.COP(OC)OC.COP(OC)OC.F[P-](F)(F)(F)(F)F.[C-]#[O+].[C-]#[O+].[C-]#[O+].[Mn]. The molecule has 0 aliphatic carbocycles. The summed E-state index contributed by atoms with van der Waals surface area (Å²) in [5.41, 5.74) is 0. The van der Waals surface area contributed by atoms with Crippen molar-refractivity contribution in [3.05, 3.63) is 20.0 Å². The van der Waals surface area contributed by atoms with Crippen molar-refractivity contribution in [1.29, 1.82) is 5.26 Å². The van der Waals surface area contributed by atoms with Gasteiger partial charge in [-0.3, -0.25) is 0 Å². The second-order valence-corrected chi connectivity index (χ2v) is 7.73. The Labute approximate surface area is 189 Å².